The molecule has 0 saturated carbocycles. The second-order valence-electron chi connectivity index (χ2n) is 6.19. The Bertz CT molecular complexity index is 488. The Hall–Kier alpha value is -2.04. The summed E-state index contributed by atoms with van der Waals surface area (Å²) >= 11 is 0. The predicted molar refractivity (Wildman–Crippen MR) is 97.5 cm³/mol. The molecule has 14 nitrogen and oxygen atoms in total. The first-order valence-corrected chi connectivity index (χ1v) is 8.62. The molecule has 0 aromatic heterocycles. The van der Waals surface area contributed by atoms with Crippen molar-refractivity contribution in [2.75, 3.05) is 13.2 Å². The van der Waals surface area contributed by atoms with E-state index in [1.807, 2.05) is 0 Å². The molecule has 14 heteroatoms. The van der Waals surface area contributed by atoms with Crippen molar-refractivity contribution in [2.45, 2.75) is 62.6 Å². The number of aldehydes is 2. The van der Waals surface area contributed by atoms with Crippen LogP contribution in [0.2, 0.25) is 0 Å². The number of carbonyl (C=O) groups is 4. The topological polar surface area (TPSA) is 254 Å². The average Bonchev–Trinajstić information content (AvgIpc) is 2.72. The van der Waals surface area contributed by atoms with Crippen LogP contribution in [0.3, 0.4) is 0 Å². The van der Waals surface area contributed by atoms with E-state index in [2.05, 4.69) is 10.6 Å². The highest BCUT2D eigenvalue weighted by Crippen LogP contribution is 2.04. The second kappa shape index (κ2) is 15.8. The van der Waals surface area contributed by atoms with Crippen molar-refractivity contribution >= 4 is 24.4 Å². The zero-order valence-corrected chi connectivity index (χ0v) is 16.4. The number of nitrogens with one attached hydrogen (secondary N) is 2. The molecule has 0 bridgehead atoms. The maximum atomic E-state index is 10.6. The van der Waals surface area contributed by atoms with Crippen LogP contribution in [0.15, 0.2) is 0 Å². The fourth-order valence-electron chi connectivity index (χ4n) is 1.97. The monoisotopic (exact) mass is 442 g/mol. The highest BCUT2D eigenvalue weighted by molar-refractivity contribution is 5.78. The lowest BCUT2D eigenvalue weighted by Crippen LogP contribution is -2.53. The summed E-state index contributed by atoms with van der Waals surface area (Å²) in [5.41, 5.74) is 0. The molecule has 0 aliphatic rings. The smallest absolute Gasteiger partial charge is 0.217 e. The van der Waals surface area contributed by atoms with Gasteiger partial charge in [-0.1, -0.05) is 0 Å². The van der Waals surface area contributed by atoms with Gasteiger partial charge < -0.3 is 61.1 Å². The zero-order valence-electron chi connectivity index (χ0n) is 16.4. The third-order valence-electron chi connectivity index (χ3n) is 3.63. The third-order valence-corrected chi connectivity index (χ3v) is 3.63. The molecule has 0 saturated heterocycles. The van der Waals surface area contributed by atoms with Crippen LogP contribution >= 0.6 is 0 Å². The Morgan fingerprint density at radius 1 is 0.667 bits per heavy atom. The number of hydrogen-bond acceptors (Lipinski definition) is 12. The van der Waals surface area contributed by atoms with Gasteiger partial charge in [-0.05, 0) is 0 Å². The molecule has 30 heavy (non-hydrogen) atoms. The van der Waals surface area contributed by atoms with Gasteiger partial charge in [-0.15, -0.1) is 0 Å². The van der Waals surface area contributed by atoms with Gasteiger partial charge in [-0.3, -0.25) is 9.59 Å². The van der Waals surface area contributed by atoms with E-state index in [1.165, 1.54) is 0 Å². The van der Waals surface area contributed by atoms with E-state index in [0.29, 0.717) is 0 Å². The molecule has 0 spiro atoms. The van der Waals surface area contributed by atoms with Crippen molar-refractivity contribution in [3.63, 3.8) is 0 Å². The number of aliphatic hydroxyl groups excluding tert-OH is 8. The molecule has 8 atom stereocenters. The van der Waals surface area contributed by atoms with Gasteiger partial charge >= 0.3 is 0 Å². The molecule has 0 aliphatic heterocycles. The largest absolute Gasteiger partial charge is 0.394 e. The van der Waals surface area contributed by atoms with Crippen LogP contribution < -0.4 is 10.6 Å². The molecule has 0 aromatic rings. The van der Waals surface area contributed by atoms with Gasteiger partial charge in [-0.25, -0.2) is 0 Å². The summed E-state index contributed by atoms with van der Waals surface area (Å²) in [6.45, 7) is 0.754. The van der Waals surface area contributed by atoms with Crippen molar-refractivity contribution in [3.8, 4) is 0 Å². The number of carbonyl (C=O) groups excluding carboxylic acids is 4. The molecule has 176 valence electrons. The molecule has 0 aromatic carbocycles. The molecule has 0 aliphatic carbocycles. The van der Waals surface area contributed by atoms with Gasteiger partial charge in [0.25, 0.3) is 0 Å². The first-order chi connectivity index (χ1) is 13.9. The van der Waals surface area contributed by atoms with Crippen LogP contribution in [0, 0.1) is 0 Å². The molecule has 10 N–H and O–H groups in total. The fourth-order valence-corrected chi connectivity index (χ4v) is 1.97. The summed E-state index contributed by atoms with van der Waals surface area (Å²) in [6.07, 6.45) is -9.44. The molecule has 2 amide bonds. The van der Waals surface area contributed by atoms with Gasteiger partial charge in [0, 0.05) is 13.8 Å². The summed E-state index contributed by atoms with van der Waals surface area (Å²) < 4.78 is 0. The first-order valence-electron chi connectivity index (χ1n) is 8.62. The van der Waals surface area contributed by atoms with E-state index < -0.39 is 73.7 Å². The van der Waals surface area contributed by atoms with Crippen molar-refractivity contribution in [2.24, 2.45) is 0 Å². The number of rotatable bonds is 12. The van der Waals surface area contributed by atoms with E-state index in [0.717, 1.165) is 13.8 Å². The Morgan fingerprint density at radius 3 is 1.10 bits per heavy atom. The first kappa shape index (κ1) is 30.2. The van der Waals surface area contributed by atoms with Gasteiger partial charge in [0.05, 0.1) is 13.2 Å². The van der Waals surface area contributed by atoms with Gasteiger partial charge in [0.1, 0.15) is 61.3 Å². The molecule has 0 heterocycles. The maximum absolute atomic E-state index is 10.6. The summed E-state index contributed by atoms with van der Waals surface area (Å²) in [6, 6.07) is -2.64. The lowest BCUT2D eigenvalue weighted by molar-refractivity contribution is -0.129. The van der Waals surface area contributed by atoms with Gasteiger partial charge in [-0.2, -0.15) is 0 Å². The number of amides is 2. The van der Waals surface area contributed by atoms with Crippen LogP contribution in [0.1, 0.15) is 13.8 Å². The minimum absolute atomic E-state index is 0.235. The van der Waals surface area contributed by atoms with E-state index in [9.17, 15) is 39.6 Å². The Balaban J connectivity index is 0. The normalized spacial score (nSPS) is 18.7. The standard InChI is InChI=1S/2C8H15NO6/c2*1-4(12)9-5(2-10)7(14)8(15)6(13)3-11/h2*2,5-8,11,13-15H,3H2,1H3,(H,9,12)/t5-,6+,7+,8+;5-,6+,7+,8-/m00/s1. The Kier molecular flexibility index (Phi) is 15.8. The molecule has 0 fully saturated rings. The molecular weight excluding hydrogens is 412 g/mol. The van der Waals surface area contributed by atoms with Crippen LogP contribution in [0.25, 0.3) is 0 Å². The minimum atomic E-state index is -1.71. The predicted octanol–water partition coefficient (Wildman–Crippen LogP) is -6.47. The van der Waals surface area contributed by atoms with E-state index in [1.54, 1.807) is 0 Å². The van der Waals surface area contributed by atoms with Crippen molar-refractivity contribution in [3.05, 3.63) is 0 Å². The number of hydrogen-bond donors (Lipinski definition) is 10. The van der Waals surface area contributed by atoms with Crippen LogP contribution in [-0.4, -0.2) is 127 Å². The summed E-state index contributed by atoms with van der Waals surface area (Å²) in [4.78, 5) is 42.1. The van der Waals surface area contributed by atoms with Crippen LogP contribution in [0.5, 0.6) is 0 Å². The lowest BCUT2D eigenvalue weighted by atomic mass is 10.0. The second-order valence-corrected chi connectivity index (χ2v) is 6.19. The summed E-state index contributed by atoms with van der Waals surface area (Å²) in [7, 11) is 0. The number of aliphatic hydroxyl groups is 8. The van der Waals surface area contributed by atoms with E-state index >= 15 is 0 Å². The maximum Gasteiger partial charge on any atom is 0.217 e. The van der Waals surface area contributed by atoms with Gasteiger partial charge in [0.2, 0.25) is 11.8 Å². The zero-order chi connectivity index (χ0) is 24.0. The highest BCUT2D eigenvalue weighted by atomic mass is 16.4. The quantitative estimate of drug-likeness (QED) is 0.127. The highest BCUT2D eigenvalue weighted by Gasteiger charge is 2.32. The molecule has 0 unspecified atom stereocenters. The van der Waals surface area contributed by atoms with Gasteiger partial charge in [0.15, 0.2) is 0 Å². The molecule has 0 radical (unpaired) electrons. The minimum Gasteiger partial charge on any atom is -0.394 e. The lowest BCUT2D eigenvalue weighted by Gasteiger charge is -2.25. The third kappa shape index (κ3) is 11.2. The van der Waals surface area contributed by atoms with Crippen LogP contribution in [0.4, 0.5) is 0 Å². The summed E-state index contributed by atoms with van der Waals surface area (Å²) in [5.74, 6) is -1.12. The van der Waals surface area contributed by atoms with E-state index in [-0.39, 0.29) is 12.6 Å². The van der Waals surface area contributed by atoms with E-state index in [4.69, 9.17) is 20.4 Å². The van der Waals surface area contributed by atoms with Crippen LogP contribution in [-0.2, 0) is 19.2 Å². The Morgan fingerprint density at radius 2 is 0.933 bits per heavy atom. The molecular formula is C16H30N2O12. The van der Waals surface area contributed by atoms with Crippen molar-refractivity contribution < 1.29 is 60.0 Å². The van der Waals surface area contributed by atoms with Crippen molar-refractivity contribution in [1.29, 1.82) is 0 Å². The SMILES string of the molecule is CC(=O)N[C@@H](C=O)[C@@H](O)[C@@H](O)[C@H](O)CO.CC(=O)N[C@@H](C=O)[C@@H](O)[C@H](O)[C@H](O)CO. The Labute approximate surface area is 171 Å². The van der Waals surface area contributed by atoms with Crippen molar-refractivity contribution in [1.82, 2.24) is 10.6 Å². The molecule has 0 rings (SSSR count). The average molecular weight is 442 g/mol. The fraction of sp³-hybridized carbons (Fsp3) is 0.750. The summed E-state index contributed by atoms with van der Waals surface area (Å²) in [5, 5.41) is 76.3.